The van der Waals surface area contributed by atoms with E-state index in [0.717, 1.165) is 4.60 Å². The molecule has 6 heteroatoms. The van der Waals surface area contributed by atoms with Gasteiger partial charge in [0.25, 0.3) is 0 Å². The van der Waals surface area contributed by atoms with Gasteiger partial charge in [0.2, 0.25) is 0 Å². The number of nitrogens with zero attached hydrogens (tertiary/aromatic N) is 2. The predicted octanol–water partition coefficient (Wildman–Crippen LogP) is 1.19. The number of aliphatic hydroxyl groups is 1. The van der Waals surface area contributed by atoms with E-state index in [4.69, 9.17) is 4.74 Å². The molecule has 1 aliphatic heterocycles. The largest absolute Gasteiger partial charge is 0.388 e. The Morgan fingerprint density at radius 3 is 2.88 bits per heavy atom. The van der Waals surface area contributed by atoms with Crippen molar-refractivity contribution in [3.05, 3.63) is 17.0 Å². The molecule has 5 nitrogen and oxygen atoms in total. The Morgan fingerprint density at radius 2 is 2.19 bits per heavy atom. The molecule has 88 valence electrons. The smallest absolute Gasteiger partial charge is 0.130 e. The van der Waals surface area contributed by atoms with Crippen molar-refractivity contribution < 1.29 is 9.84 Å². The number of hydrogen-bond donors (Lipinski definition) is 2. The average molecular weight is 288 g/mol. The summed E-state index contributed by atoms with van der Waals surface area (Å²) in [6, 6.07) is 1.78. The van der Waals surface area contributed by atoms with Crippen LogP contribution in [0.5, 0.6) is 0 Å². The molecule has 0 amide bonds. The van der Waals surface area contributed by atoms with Gasteiger partial charge in [-0.3, -0.25) is 0 Å². The van der Waals surface area contributed by atoms with Gasteiger partial charge < -0.3 is 15.2 Å². The van der Waals surface area contributed by atoms with Crippen molar-refractivity contribution in [2.45, 2.75) is 18.4 Å². The van der Waals surface area contributed by atoms with Crippen LogP contribution in [-0.2, 0) is 4.74 Å². The standard InChI is InChI=1S/C10H14BrN3O2/c11-8-5-9(14-7-13-8)12-6-10(15)1-3-16-4-2-10/h5,7,15H,1-4,6H2,(H,12,13,14). The lowest BCUT2D eigenvalue weighted by Crippen LogP contribution is -2.42. The minimum Gasteiger partial charge on any atom is -0.388 e. The molecule has 2 N–H and O–H groups in total. The lowest BCUT2D eigenvalue weighted by molar-refractivity contribution is -0.0543. The summed E-state index contributed by atoms with van der Waals surface area (Å²) in [5, 5.41) is 13.3. The first-order chi connectivity index (χ1) is 7.68. The maximum absolute atomic E-state index is 10.2. The van der Waals surface area contributed by atoms with Gasteiger partial charge in [-0.25, -0.2) is 9.97 Å². The number of hydrogen-bond acceptors (Lipinski definition) is 5. The molecule has 2 rings (SSSR count). The second-order valence-electron chi connectivity index (χ2n) is 3.92. The Morgan fingerprint density at radius 1 is 1.44 bits per heavy atom. The van der Waals surface area contributed by atoms with Gasteiger partial charge in [0, 0.05) is 38.7 Å². The van der Waals surface area contributed by atoms with E-state index in [-0.39, 0.29) is 0 Å². The first-order valence-electron chi connectivity index (χ1n) is 5.20. The summed E-state index contributed by atoms with van der Waals surface area (Å²) in [5.74, 6) is 0.710. The van der Waals surface area contributed by atoms with E-state index in [9.17, 15) is 5.11 Å². The van der Waals surface area contributed by atoms with E-state index in [1.54, 1.807) is 6.07 Å². The van der Waals surface area contributed by atoms with Crippen LogP contribution in [-0.4, -0.2) is 40.4 Å². The summed E-state index contributed by atoms with van der Waals surface area (Å²) >= 11 is 3.27. The van der Waals surface area contributed by atoms with Gasteiger partial charge in [0.05, 0.1) is 5.60 Å². The van der Waals surface area contributed by atoms with Crippen molar-refractivity contribution in [2.75, 3.05) is 25.1 Å². The van der Waals surface area contributed by atoms with Gasteiger partial charge in [-0.15, -0.1) is 0 Å². The SMILES string of the molecule is OC1(CNc2cc(Br)ncn2)CCOCC1. The molecule has 1 fully saturated rings. The van der Waals surface area contributed by atoms with E-state index in [1.165, 1.54) is 6.33 Å². The average Bonchev–Trinajstić information content (AvgIpc) is 2.28. The summed E-state index contributed by atoms with van der Waals surface area (Å²) in [6.45, 7) is 1.72. The number of ether oxygens (including phenoxy) is 1. The molecule has 1 saturated heterocycles. The molecule has 1 aromatic rings. The zero-order valence-electron chi connectivity index (χ0n) is 8.82. The molecule has 0 saturated carbocycles. The summed E-state index contributed by atoms with van der Waals surface area (Å²) in [5.41, 5.74) is -0.685. The number of rotatable bonds is 3. The fourth-order valence-corrected chi connectivity index (χ4v) is 1.92. The van der Waals surface area contributed by atoms with E-state index in [2.05, 4.69) is 31.2 Å². The summed E-state index contributed by atoms with van der Waals surface area (Å²) in [6.07, 6.45) is 2.79. The third-order valence-electron chi connectivity index (χ3n) is 2.66. The number of nitrogens with one attached hydrogen (secondary N) is 1. The van der Waals surface area contributed by atoms with Crippen LogP contribution in [0.2, 0.25) is 0 Å². The molecule has 0 bridgehead atoms. The van der Waals surface area contributed by atoms with Gasteiger partial charge in [0.1, 0.15) is 16.7 Å². The Balaban J connectivity index is 1.91. The molecule has 0 aromatic carbocycles. The van der Waals surface area contributed by atoms with Gasteiger partial charge in [-0.2, -0.15) is 0 Å². The number of halogens is 1. The Kier molecular flexibility index (Phi) is 3.73. The topological polar surface area (TPSA) is 67.3 Å². The van der Waals surface area contributed by atoms with Crippen LogP contribution in [0.4, 0.5) is 5.82 Å². The van der Waals surface area contributed by atoms with Crippen molar-refractivity contribution in [3.8, 4) is 0 Å². The Bertz CT molecular complexity index is 356. The Labute approximate surface area is 102 Å². The van der Waals surface area contributed by atoms with E-state index in [0.29, 0.717) is 38.4 Å². The van der Waals surface area contributed by atoms with Gasteiger partial charge in [-0.1, -0.05) is 0 Å². The van der Waals surface area contributed by atoms with Crippen LogP contribution < -0.4 is 5.32 Å². The highest BCUT2D eigenvalue weighted by atomic mass is 79.9. The molecule has 0 unspecified atom stereocenters. The minimum absolute atomic E-state index is 0.486. The lowest BCUT2D eigenvalue weighted by Gasteiger charge is -2.32. The summed E-state index contributed by atoms with van der Waals surface area (Å²) in [4.78, 5) is 8.00. The van der Waals surface area contributed by atoms with Crippen molar-refractivity contribution in [2.24, 2.45) is 0 Å². The quantitative estimate of drug-likeness (QED) is 0.818. The first-order valence-corrected chi connectivity index (χ1v) is 5.99. The minimum atomic E-state index is -0.685. The molecule has 0 atom stereocenters. The molecule has 1 aliphatic rings. The van der Waals surface area contributed by atoms with Crippen LogP contribution in [0.3, 0.4) is 0 Å². The second-order valence-corrected chi connectivity index (χ2v) is 4.73. The zero-order chi connectivity index (χ0) is 11.4. The maximum atomic E-state index is 10.2. The van der Waals surface area contributed by atoms with E-state index >= 15 is 0 Å². The summed E-state index contributed by atoms with van der Waals surface area (Å²) < 4.78 is 5.94. The molecular weight excluding hydrogens is 274 g/mol. The van der Waals surface area contributed by atoms with Crippen molar-refractivity contribution in [1.82, 2.24) is 9.97 Å². The van der Waals surface area contributed by atoms with Gasteiger partial charge in [0.15, 0.2) is 0 Å². The van der Waals surface area contributed by atoms with Crippen LogP contribution in [0.1, 0.15) is 12.8 Å². The predicted molar refractivity (Wildman–Crippen MR) is 63.2 cm³/mol. The van der Waals surface area contributed by atoms with Gasteiger partial charge >= 0.3 is 0 Å². The van der Waals surface area contributed by atoms with E-state index in [1.807, 2.05) is 0 Å². The molecule has 1 aromatic heterocycles. The Hall–Kier alpha value is -0.720. The molecule has 16 heavy (non-hydrogen) atoms. The van der Waals surface area contributed by atoms with Crippen molar-refractivity contribution in [3.63, 3.8) is 0 Å². The fraction of sp³-hybridized carbons (Fsp3) is 0.600. The lowest BCUT2D eigenvalue weighted by atomic mass is 9.94. The van der Waals surface area contributed by atoms with Crippen molar-refractivity contribution in [1.29, 1.82) is 0 Å². The highest BCUT2D eigenvalue weighted by Gasteiger charge is 2.29. The highest BCUT2D eigenvalue weighted by molar-refractivity contribution is 9.10. The molecular formula is C10H14BrN3O2. The molecule has 0 spiro atoms. The van der Waals surface area contributed by atoms with Crippen molar-refractivity contribution >= 4 is 21.7 Å². The monoisotopic (exact) mass is 287 g/mol. The van der Waals surface area contributed by atoms with Crippen LogP contribution in [0.15, 0.2) is 17.0 Å². The van der Waals surface area contributed by atoms with Crippen LogP contribution in [0, 0.1) is 0 Å². The third-order valence-corrected chi connectivity index (χ3v) is 3.09. The third kappa shape index (κ3) is 3.13. The highest BCUT2D eigenvalue weighted by Crippen LogP contribution is 2.21. The van der Waals surface area contributed by atoms with Crippen LogP contribution in [0.25, 0.3) is 0 Å². The summed E-state index contributed by atoms with van der Waals surface area (Å²) in [7, 11) is 0. The molecule has 2 heterocycles. The van der Waals surface area contributed by atoms with Gasteiger partial charge in [-0.05, 0) is 15.9 Å². The zero-order valence-corrected chi connectivity index (χ0v) is 10.4. The second kappa shape index (κ2) is 5.07. The number of anilines is 1. The fourth-order valence-electron chi connectivity index (χ4n) is 1.61. The first kappa shape index (κ1) is 11.8. The van der Waals surface area contributed by atoms with E-state index < -0.39 is 5.60 Å². The molecule has 0 radical (unpaired) electrons. The normalized spacial score (nSPS) is 19.4. The van der Waals surface area contributed by atoms with Crippen LogP contribution >= 0.6 is 15.9 Å². The number of aromatic nitrogens is 2. The molecule has 0 aliphatic carbocycles. The maximum Gasteiger partial charge on any atom is 0.130 e.